The number of aromatic nitrogens is 1. The summed E-state index contributed by atoms with van der Waals surface area (Å²) in [7, 11) is 1.59. The first-order valence-electron chi connectivity index (χ1n) is 5.82. The molecule has 1 aromatic rings. The van der Waals surface area contributed by atoms with Crippen LogP contribution >= 0.6 is 0 Å². The maximum atomic E-state index is 11.4. The van der Waals surface area contributed by atoms with Crippen LogP contribution in [0.3, 0.4) is 0 Å². The Bertz CT molecular complexity index is 367. The third-order valence-electron chi connectivity index (χ3n) is 2.47. The Morgan fingerprint density at radius 3 is 3.00 bits per heavy atom. The van der Waals surface area contributed by atoms with Crippen LogP contribution in [0.4, 0.5) is 5.69 Å². The maximum Gasteiger partial charge on any atom is 0.269 e. The van der Waals surface area contributed by atoms with E-state index in [-0.39, 0.29) is 5.91 Å². The van der Waals surface area contributed by atoms with Crippen LogP contribution in [0.15, 0.2) is 18.3 Å². The molecule has 1 amide bonds. The fourth-order valence-electron chi connectivity index (χ4n) is 1.55. The maximum absolute atomic E-state index is 11.4. The molecule has 0 radical (unpaired) electrons. The van der Waals surface area contributed by atoms with Crippen LogP contribution in [0.25, 0.3) is 0 Å². The van der Waals surface area contributed by atoms with Gasteiger partial charge in [-0.1, -0.05) is 0 Å². The lowest BCUT2D eigenvalue weighted by Crippen LogP contribution is -2.20. The molecule has 0 aliphatic rings. The molecule has 94 valence electrons. The van der Waals surface area contributed by atoms with Crippen LogP contribution in [0.1, 0.15) is 30.3 Å². The number of carbonyl (C=O) groups is 1. The highest BCUT2D eigenvalue weighted by Crippen LogP contribution is 2.11. The Kier molecular flexibility index (Phi) is 5.42. The van der Waals surface area contributed by atoms with Crippen LogP contribution in [-0.4, -0.2) is 30.5 Å². The second kappa shape index (κ2) is 6.85. The summed E-state index contributed by atoms with van der Waals surface area (Å²) in [6.07, 6.45) is 3.62. The first-order valence-corrected chi connectivity index (χ1v) is 5.82. The van der Waals surface area contributed by atoms with Gasteiger partial charge in [0.05, 0.1) is 0 Å². The van der Waals surface area contributed by atoms with E-state index in [1.54, 1.807) is 19.3 Å². The number of anilines is 1. The predicted octanol–water partition coefficient (Wildman–Crippen LogP) is 0.980. The first kappa shape index (κ1) is 13.4. The Morgan fingerprint density at radius 2 is 2.35 bits per heavy atom. The Labute approximate surface area is 102 Å². The molecular formula is C12H20N4O. The van der Waals surface area contributed by atoms with E-state index in [1.807, 2.05) is 6.07 Å². The minimum absolute atomic E-state index is 0.178. The normalized spacial score (nSPS) is 11.9. The van der Waals surface area contributed by atoms with Crippen molar-refractivity contribution in [3.8, 4) is 0 Å². The number of carbonyl (C=O) groups excluding carboxylic acids is 1. The number of hydrogen-bond donors (Lipinski definition) is 3. The van der Waals surface area contributed by atoms with E-state index in [2.05, 4.69) is 22.5 Å². The highest BCUT2D eigenvalue weighted by atomic mass is 16.1. The van der Waals surface area contributed by atoms with Crippen molar-refractivity contribution in [3.63, 3.8) is 0 Å². The Balaban J connectivity index is 2.62. The summed E-state index contributed by atoms with van der Waals surface area (Å²) < 4.78 is 0. The molecule has 0 aromatic carbocycles. The van der Waals surface area contributed by atoms with Crippen molar-refractivity contribution >= 4 is 11.6 Å². The molecule has 0 aliphatic carbocycles. The molecule has 5 heteroatoms. The van der Waals surface area contributed by atoms with E-state index in [0.29, 0.717) is 18.3 Å². The van der Waals surface area contributed by atoms with Gasteiger partial charge in [-0.15, -0.1) is 0 Å². The van der Waals surface area contributed by atoms with Crippen LogP contribution in [-0.2, 0) is 0 Å². The zero-order chi connectivity index (χ0) is 12.7. The van der Waals surface area contributed by atoms with Gasteiger partial charge in [0.25, 0.3) is 5.91 Å². The van der Waals surface area contributed by atoms with Crippen LogP contribution in [0, 0.1) is 0 Å². The average Bonchev–Trinajstić information content (AvgIpc) is 2.35. The summed E-state index contributed by atoms with van der Waals surface area (Å²) >= 11 is 0. The lowest BCUT2D eigenvalue weighted by Gasteiger charge is -2.15. The molecule has 0 fully saturated rings. The number of hydrogen-bond acceptors (Lipinski definition) is 4. The van der Waals surface area contributed by atoms with Crippen LogP contribution < -0.4 is 16.4 Å². The van der Waals surface area contributed by atoms with Crippen LogP contribution in [0.2, 0.25) is 0 Å². The molecule has 1 aromatic heterocycles. The van der Waals surface area contributed by atoms with Gasteiger partial charge in [-0.25, -0.2) is 0 Å². The van der Waals surface area contributed by atoms with Gasteiger partial charge in [-0.3, -0.25) is 9.78 Å². The van der Waals surface area contributed by atoms with Crippen molar-refractivity contribution in [2.75, 3.05) is 18.9 Å². The van der Waals surface area contributed by atoms with Crippen molar-refractivity contribution in [1.29, 1.82) is 0 Å². The van der Waals surface area contributed by atoms with Gasteiger partial charge in [-0.05, 0) is 38.4 Å². The molecule has 1 heterocycles. The Morgan fingerprint density at radius 1 is 1.59 bits per heavy atom. The predicted molar refractivity (Wildman–Crippen MR) is 69.0 cm³/mol. The summed E-state index contributed by atoms with van der Waals surface area (Å²) in [6.45, 7) is 2.79. The van der Waals surface area contributed by atoms with Crippen molar-refractivity contribution in [3.05, 3.63) is 24.0 Å². The molecule has 4 N–H and O–H groups in total. The van der Waals surface area contributed by atoms with E-state index in [4.69, 9.17) is 5.73 Å². The quantitative estimate of drug-likeness (QED) is 0.688. The van der Waals surface area contributed by atoms with E-state index < -0.39 is 0 Å². The summed E-state index contributed by atoms with van der Waals surface area (Å²) in [4.78, 5) is 15.4. The summed E-state index contributed by atoms with van der Waals surface area (Å²) in [5, 5.41) is 5.87. The minimum Gasteiger partial charge on any atom is -0.382 e. The van der Waals surface area contributed by atoms with Gasteiger partial charge < -0.3 is 16.4 Å². The van der Waals surface area contributed by atoms with Gasteiger partial charge in [-0.2, -0.15) is 0 Å². The zero-order valence-electron chi connectivity index (χ0n) is 10.4. The molecule has 0 aliphatic heterocycles. The molecule has 0 saturated heterocycles. The monoisotopic (exact) mass is 236 g/mol. The van der Waals surface area contributed by atoms with Crippen molar-refractivity contribution < 1.29 is 4.79 Å². The molecule has 5 nitrogen and oxygen atoms in total. The van der Waals surface area contributed by atoms with Crippen LogP contribution in [0.5, 0.6) is 0 Å². The van der Waals surface area contributed by atoms with Gasteiger partial charge in [0.15, 0.2) is 0 Å². The Hall–Kier alpha value is -1.62. The second-order valence-corrected chi connectivity index (χ2v) is 3.99. The lowest BCUT2D eigenvalue weighted by atomic mass is 10.1. The van der Waals surface area contributed by atoms with E-state index in [0.717, 1.165) is 18.5 Å². The molecule has 0 spiro atoms. The van der Waals surface area contributed by atoms with Crippen molar-refractivity contribution in [1.82, 2.24) is 10.3 Å². The molecule has 0 saturated carbocycles. The van der Waals surface area contributed by atoms with Gasteiger partial charge in [0, 0.05) is 25.0 Å². The highest BCUT2D eigenvalue weighted by Gasteiger charge is 2.07. The molecular weight excluding hydrogens is 216 g/mol. The highest BCUT2D eigenvalue weighted by molar-refractivity contribution is 5.92. The number of amides is 1. The number of nitrogens with one attached hydrogen (secondary N) is 2. The standard InChI is InChI=1S/C12H20N4O/c1-9(4-3-6-13)16-10-5-7-15-11(8-10)12(17)14-2/h5,7-9H,3-4,6,13H2,1-2H3,(H,14,17)(H,15,16). The number of nitrogens with zero attached hydrogens (tertiary/aromatic N) is 1. The van der Waals surface area contributed by atoms with E-state index >= 15 is 0 Å². The minimum atomic E-state index is -0.178. The van der Waals surface area contributed by atoms with E-state index in [1.165, 1.54) is 0 Å². The fraction of sp³-hybridized carbons (Fsp3) is 0.500. The lowest BCUT2D eigenvalue weighted by molar-refractivity contribution is 0.0958. The molecule has 1 atom stereocenters. The van der Waals surface area contributed by atoms with Gasteiger partial charge in [0.2, 0.25) is 0 Å². The zero-order valence-corrected chi connectivity index (χ0v) is 10.4. The first-order chi connectivity index (χ1) is 8.17. The number of rotatable bonds is 6. The smallest absolute Gasteiger partial charge is 0.269 e. The third-order valence-corrected chi connectivity index (χ3v) is 2.47. The fourth-order valence-corrected chi connectivity index (χ4v) is 1.55. The topological polar surface area (TPSA) is 80.0 Å². The summed E-state index contributed by atoms with van der Waals surface area (Å²) in [5.41, 5.74) is 6.79. The van der Waals surface area contributed by atoms with Gasteiger partial charge >= 0.3 is 0 Å². The molecule has 0 bridgehead atoms. The molecule has 1 rings (SSSR count). The number of nitrogens with two attached hydrogens (primary N) is 1. The molecule has 17 heavy (non-hydrogen) atoms. The van der Waals surface area contributed by atoms with Crippen molar-refractivity contribution in [2.24, 2.45) is 5.73 Å². The van der Waals surface area contributed by atoms with Gasteiger partial charge in [0.1, 0.15) is 5.69 Å². The third kappa shape index (κ3) is 4.40. The molecule has 1 unspecified atom stereocenters. The van der Waals surface area contributed by atoms with Crippen molar-refractivity contribution in [2.45, 2.75) is 25.8 Å². The van der Waals surface area contributed by atoms with E-state index in [9.17, 15) is 4.79 Å². The second-order valence-electron chi connectivity index (χ2n) is 3.99. The summed E-state index contributed by atoms with van der Waals surface area (Å²) in [6, 6.07) is 3.93. The number of pyridine rings is 1. The average molecular weight is 236 g/mol. The summed E-state index contributed by atoms with van der Waals surface area (Å²) in [5.74, 6) is -0.178. The largest absolute Gasteiger partial charge is 0.382 e. The SMILES string of the molecule is CNC(=O)c1cc(NC(C)CCCN)ccn1.